The van der Waals surface area contributed by atoms with Gasteiger partial charge >= 0.3 is 5.97 Å². The summed E-state index contributed by atoms with van der Waals surface area (Å²) in [7, 11) is 3.13. The Morgan fingerprint density at radius 1 is 1.22 bits per heavy atom. The molecular formula is C16H21ClN2O4. The van der Waals surface area contributed by atoms with Gasteiger partial charge in [-0.3, -0.25) is 9.59 Å². The summed E-state index contributed by atoms with van der Waals surface area (Å²) in [5, 5.41) is 2.90. The highest BCUT2D eigenvalue weighted by atomic mass is 35.5. The Morgan fingerprint density at radius 2 is 1.83 bits per heavy atom. The van der Waals surface area contributed by atoms with Gasteiger partial charge in [0.15, 0.2) is 6.61 Å². The molecule has 0 radical (unpaired) electrons. The Kier molecular flexibility index (Phi) is 7.03. The smallest absolute Gasteiger partial charge is 0.329 e. The van der Waals surface area contributed by atoms with E-state index in [-0.39, 0.29) is 24.0 Å². The number of likely N-dealkylation sites (N-methyl/N-ethyl adjacent to an activating group) is 1. The minimum atomic E-state index is -0.867. The number of hydrogen-bond donors (Lipinski definition) is 1. The lowest BCUT2D eigenvalue weighted by atomic mass is 10.0. The van der Waals surface area contributed by atoms with Crippen molar-refractivity contribution in [3.8, 4) is 0 Å². The molecule has 1 aromatic rings. The van der Waals surface area contributed by atoms with E-state index >= 15 is 0 Å². The molecule has 7 heteroatoms. The summed E-state index contributed by atoms with van der Waals surface area (Å²) in [4.78, 5) is 37.2. The first-order valence-electron chi connectivity index (χ1n) is 7.16. The molecule has 0 heterocycles. The van der Waals surface area contributed by atoms with Crippen molar-refractivity contribution in [1.82, 2.24) is 10.2 Å². The van der Waals surface area contributed by atoms with Crippen LogP contribution in [0.4, 0.5) is 0 Å². The largest absolute Gasteiger partial charge is 0.454 e. The summed E-state index contributed by atoms with van der Waals surface area (Å²) in [5.41, 5.74) is 0.275. The van der Waals surface area contributed by atoms with Gasteiger partial charge in [-0.2, -0.15) is 0 Å². The Bertz CT molecular complexity index is 587. The average molecular weight is 341 g/mol. The third-order valence-corrected chi connectivity index (χ3v) is 3.49. The number of nitrogens with zero attached hydrogens (tertiary/aromatic N) is 1. The molecule has 126 valence electrons. The van der Waals surface area contributed by atoms with Crippen LogP contribution in [0.15, 0.2) is 24.3 Å². The van der Waals surface area contributed by atoms with Gasteiger partial charge in [-0.1, -0.05) is 37.6 Å². The monoisotopic (exact) mass is 340 g/mol. The second-order valence-electron chi connectivity index (χ2n) is 5.57. The minimum absolute atomic E-state index is 0.205. The number of ether oxygens (including phenoxy) is 1. The number of amides is 2. The van der Waals surface area contributed by atoms with E-state index in [0.717, 1.165) is 0 Å². The lowest BCUT2D eigenvalue weighted by Gasteiger charge is -2.21. The zero-order valence-electron chi connectivity index (χ0n) is 13.6. The lowest BCUT2D eigenvalue weighted by molar-refractivity contribution is -0.153. The van der Waals surface area contributed by atoms with E-state index in [2.05, 4.69) is 5.32 Å². The molecule has 1 aromatic carbocycles. The number of carbonyl (C=O) groups is 3. The SMILES string of the molecule is CC(C)C(NC(=O)c1ccccc1Cl)C(=O)OCC(=O)N(C)C. The van der Waals surface area contributed by atoms with Gasteiger partial charge < -0.3 is 15.0 Å². The van der Waals surface area contributed by atoms with Crippen LogP contribution in [-0.2, 0) is 14.3 Å². The van der Waals surface area contributed by atoms with Gasteiger partial charge in [0.05, 0.1) is 10.6 Å². The molecule has 1 rings (SSSR count). The fraction of sp³-hybridized carbons (Fsp3) is 0.438. The first kappa shape index (κ1) is 19.0. The average Bonchev–Trinajstić information content (AvgIpc) is 2.49. The summed E-state index contributed by atoms with van der Waals surface area (Å²) in [6, 6.07) is 5.68. The van der Waals surface area contributed by atoms with Crippen molar-refractivity contribution in [3.63, 3.8) is 0 Å². The Morgan fingerprint density at radius 3 is 2.35 bits per heavy atom. The Hall–Kier alpha value is -2.08. The third-order valence-electron chi connectivity index (χ3n) is 3.16. The van der Waals surface area contributed by atoms with Crippen LogP contribution in [0, 0.1) is 5.92 Å². The summed E-state index contributed by atoms with van der Waals surface area (Å²) in [5.74, 6) is -1.66. The zero-order valence-corrected chi connectivity index (χ0v) is 14.4. The number of benzene rings is 1. The van der Waals surface area contributed by atoms with Gasteiger partial charge in [0.2, 0.25) is 0 Å². The number of rotatable bonds is 6. The van der Waals surface area contributed by atoms with E-state index in [1.807, 2.05) is 0 Å². The molecule has 6 nitrogen and oxygen atoms in total. The van der Waals surface area contributed by atoms with Gasteiger partial charge in [-0.25, -0.2) is 4.79 Å². The minimum Gasteiger partial charge on any atom is -0.454 e. The van der Waals surface area contributed by atoms with Crippen LogP contribution in [0.3, 0.4) is 0 Å². The molecule has 0 aliphatic heterocycles. The molecule has 0 saturated heterocycles. The maximum atomic E-state index is 12.3. The van der Waals surface area contributed by atoms with Crippen molar-refractivity contribution >= 4 is 29.4 Å². The topological polar surface area (TPSA) is 75.7 Å². The van der Waals surface area contributed by atoms with Gasteiger partial charge in [0, 0.05) is 14.1 Å². The quantitative estimate of drug-likeness (QED) is 0.800. The van der Waals surface area contributed by atoms with Crippen molar-refractivity contribution < 1.29 is 19.1 Å². The molecule has 0 aromatic heterocycles. The molecule has 1 unspecified atom stereocenters. The Labute approximate surface area is 140 Å². The van der Waals surface area contributed by atoms with Crippen LogP contribution >= 0.6 is 11.6 Å². The molecule has 0 bridgehead atoms. The molecule has 0 fully saturated rings. The molecule has 1 N–H and O–H groups in total. The van der Waals surface area contributed by atoms with E-state index in [4.69, 9.17) is 16.3 Å². The van der Waals surface area contributed by atoms with Crippen molar-refractivity contribution in [2.75, 3.05) is 20.7 Å². The van der Waals surface area contributed by atoms with Crippen molar-refractivity contribution in [3.05, 3.63) is 34.9 Å². The fourth-order valence-corrected chi connectivity index (χ4v) is 1.94. The number of esters is 1. The van der Waals surface area contributed by atoms with Gasteiger partial charge in [-0.05, 0) is 18.1 Å². The van der Waals surface area contributed by atoms with Gasteiger partial charge in [-0.15, -0.1) is 0 Å². The van der Waals surface area contributed by atoms with E-state index in [0.29, 0.717) is 5.02 Å². The predicted octanol–water partition coefficient (Wildman–Crippen LogP) is 1.73. The van der Waals surface area contributed by atoms with E-state index < -0.39 is 17.9 Å². The van der Waals surface area contributed by atoms with Crippen LogP contribution in [0.5, 0.6) is 0 Å². The van der Waals surface area contributed by atoms with Crippen molar-refractivity contribution in [1.29, 1.82) is 0 Å². The van der Waals surface area contributed by atoms with Crippen LogP contribution in [-0.4, -0.2) is 49.4 Å². The number of nitrogens with one attached hydrogen (secondary N) is 1. The Balaban J connectivity index is 2.75. The molecule has 2 amide bonds. The van der Waals surface area contributed by atoms with Crippen LogP contribution < -0.4 is 5.32 Å². The van der Waals surface area contributed by atoms with Crippen molar-refractivity contribution in [2.24, 2.45) is 5.92 Å². The van der Waals surface area contributed by atoms with Crippen LogP contribution in [0.25, 0.3) is 0 Å². The van der Waals surface area contributed by atoms with Crippen LogP contribution in [0.2, 0.25) is 5.02 Å². The number of carbonyl (C=O) groups excluding carboxylic acids is 3. The molecule has 0 spiro atoms. The molecule has 0 aliphatic rings. The van der Waals surface area contributed by atoms with E-state index in [1.54, 1.807) is 52.2 Å². The van der Waals surface area contributed by atoms with Gasteiger partial charge in [0.1, 0.15) is 6.04 Å². The van der Waals surface area contributed by atoms with Crippen LogP contribution in [0.1, 0.15) is 24.2 Å². The summed E-state index contributed by atoms with van der Waals surface area (Å²) in [6.45, 7) is 3.18. The standard InChI is InChI=1S/C16H21ClN2O4/c1-10(2)14(16(22)23-9-13(20)19(3)4)18-15(21)11-7-5-6-8-12(11)17/h5-8,10,14H,9H2,1-4H3,(H,18,21). The highest BCUT2D eigenvalue weighted by Gasteiger charge is 2.27. The zero-order chi connectivity index (χ0) is 17.6. The highest BCUT2D eigenvalue weighted by molar-refractivity contribution is 6.33. The van der Waals surface area contributed by atoms with Crippen molar-refractivity contribution in [2.45, 2.75) is 19.9 Å². The van der Waals surface area contributed by atoms with E-state index in [9.17, 15) is 14.4 Å². The summed E-state index contributed by atoms with van der Waals surface area (Å²) in [6.07, 6.45) is 0. The lowest BCUT2D eigenvalue weighted by Crippen LogP contribution is -2.46. The number of hydrogen-bond acceptors (Lipinski definition) is 4. The summed E-state index contributed by atoms with van der Waals surface area (Å²) >= 11 is 5.97. The predicted molar refractivity (Wildman–Crippen MR) is 87.2 cm³/mol. The second kappa shape index (κ2) is 8.53. The van der Waals surface area contributed by atoms with E-state index in [1.165, 1.54) is 4.90 Å². The molecule has 1 atom stereocenters. The maximum absolute atomic E-state index is 12.3. The number of halogens is 1. The van der Waals surface area contributed by atoms with Gasteiger partial charge in [0.25, 0.3) is 11.8 Å². The highest BCUT2D eigenvalue weighted by Crippen LogP contribution is 2.15. The normalized spacial score (nSPS) is 11.7. The second-order valence-corrected chi connectivity index (χ2v) is 5.98. The first-order chi connectivity index (χ1) is 10.7. The molecular weight excluding hydrogens is 320 g/mol. The fourth-order valence-electron chi connectivity index (χ4n) is 1.71. The first-order valence-corrected chi connectivity index (χ1v) is 7.54. The summed E-state index contributed by atoms with van der Waals surface area (Å²) < 4.78 is 4.98. The molecule has 0 saturated carbocycles. The molecule has 23 heavy (non-hydrogen) atoms. The maximum Gasteiger partial charge on any atom is 0.329 e. The molecule has 0 aliphatic carbocycles. The third kappa shape index (κ3) is 5.56.